The number of rotatable bonds is 8. The zero-order valence-corrected chi connectivity index (χ0v) is 15.9. The van der Waals surface area contributed by atoms with Crippen molar-refractivity contribution in [3.8, 4) is 0 Å². The van der Waals surface area contributed by atoms with Crippen LogP contribution in [0.1, 0.15) is 52.4 Å². The molecule has 0 aromatic carbocycles. The molecule has 7 heteroatoms. The fourth-order valence-corrected chi connectivity index (χ4v) is 1.58. The van der Waals surface area contributed by atoms with Crippen LogP contribution in [0.15, 0.2) is 0 Å². The number of nitrogens with zero attached hydrogens (tertiary/aromatic N) is 1. The van der Waals surface area contributed by atoms with Crippen LogP contribution in [-0.2, 0) is 25.3 Å². The van der Waals surface area contributed by atoms with Crippen molar-refractivity contribution in [2.45, 2.75) is 52.4 Å². The SMILES string of the molecule is CCCCCN(CCCCC)C(=O)[S-].NC(=O)[S-].[Ca+2]. The van der Waals surface area contributed by atoms with E-state index in [1.165, 1.54) is 25.7 Å². The minimum absolute atomic E-state index is 0. The molecule has 0 atom stereocenters. The van der Waals surface area contributed by atoms with Crippen molar-refractivity contribution in [3.05, 3.63) is 0 Å². The number of amides is 2. The van der Waals surface area contributed by atoms with E-state index in [0.29, 0.717) is 0 Å². The first-order chi connectivity index (χ1) is 8.45. The van der Waals surface area contributed by atoms with Crippen LogP contribution in [0.25, 0.3) is 0 Å². The second kappa shape index (κ2) is 18.6. The predicted molar refractivity (Wildman–Crippen MR) is 86.1 cm³/mol. The van der Waals surface area contributed by atoms with E-state index in [1.54, 1.807) is 4.90 Å². The van der Waals surface area contributed by atoms with Gasteiger partial charge < -0.3 is 45.5 Å². The second-order valence-electron chi connectivity index (χ2n) is 3.99. The Labute approximate surface area is 158 Å². The van der Waals surface area contributed by atoms with Crippen molar-refractivity contribution >= 4 is 73.5 Å². The minimum Gasteiger partial charge on any atom is -0.719 e. The fraction of sp³-hybridized carbons (Fsp3) is 0.833. The van der Waals surface area contributed by atoms with Crippen LogP contribution in [-0.4, -0.2) is 66.2 Å². The van der Waals surface area contributed by atoms with Crippen molar-refractivity contribution < 1.29 is 9.59 Å². The van der Waals surface area contributed by atoms with Gasteiger partial charge in [0.1, 0.15) is 5.24 Å². The van der Waals surface area contributed by atoms with Crippen molar-refractivity contribution in [3.63, 3.8) is 0 Å². The summed E-state index contributed by atoms with van der Waals surface area (Å²) in [6.45, 7) is 6.02. The molecule has 0 heterocycles. The summed E-state index contributed by atoms with van der Waals surface area (Å²) in [5, 5.41) is -0.933. The van der Waals surface area contributed by atoms with Crippen LogP contribution in [0.5, 0.6) is 0 Å². The van der Waals surface area contributed by atoms with Crippen LogP contribution in [0.3, 0.4) is 0 Å². The van der Waals surface area contributed by atoms with E-state index in [0.717, 1.165) is 25.9 Å². The number of primary amides is 1. The quantitative estimate of drug-likeness (QED) is 0.421. The Hall–Kier alpha value is 0.640. The first kappa shape index (κ1) is 24.6. The molecule has 0 aliphatic rings. The van der Waals surface area contributed by atoms with Gasteiger partial charge in [-0.3, -0.25) is 0 Å². The minimum atomic E-state index is -0.750. The Morgan fingerprint density at radius 2 is 1.26 bits per heavy atom. The van der Waals surface area contributed by atoms with Gasteiger partial charge in [-0.2, -0.15) is 0 Å². The summed E-state index contributed by atoms with van der Waals surface area (Å²) < 4.78 is 0. The van der Waals surface area contributed by atoms with E-state index in [-0.39, 0.29) is 43.0 Å². The van der Waals surface area contributed by atoms with Gasteiger partial charge in [0.2, 0.25) is 0 Å². The van der Waals surface area contributed by atoms with E-state index in [4.69, 9.17) is 4.79 Å². The zero-order chi connectivity index (χ0) is 14.4. The van der Waals surface area contributed by atoms with Crippen molar-refractivity contribution in [1.82, 2.24) is 4.90 Å². The molecule has 0 aromatic rings. The average molecular weight is 333 g/mol. The Kier molecular flexibility index (Phi) is 24.2. The molecule has 0 bridgehead atoms. The summed E-state index contributed by atoms with van der Waals surface area (Å²) >= 11 is 8.45. The molecule has 0 unspecified atom stereocenters. The zero-order valence-electron chi connectivity index (χ0n) is 12.0. The third-order valence-electron chi connectivity index (χ3n) is 2.32. The maximum absolute atomic E-state index is 11.1. The van der Waals surface area contributed by atoms with E-state index in [9.17, 15) is 4.79 Å². The van der Waals surface area contributed by atoms with E-state index < -0.39 is 5.24 Å². The second-order valence-corrected chi connectivity index (χ2v) is 4.74. The molecule has 0 spiro atoms. The number of hydrogen-bond acceptors (Lipinski definition) is 4. The number of hydrogen-bond donors (Lipinski definition) is 1. The molecule has 2 N–H and O–H groups in total. The largest absolute Gasteiger partial charge is 2.00 e. The Morgan fingerprint density at radius 3 is 1.47 bits per heavy atom. The Balaban J connectivity index is -0.000000448. The molecule has 0 fully saturated rings. The number of nitrogens with two attached hydrogens (primary N) is 1. The molecule has 0 aliphatic heterocycles. The molecule has 2 amide bonds. The van der Waals surface area contributed by atoms with E-state index in [1.807, 2.05) is 0 Å². The van der Waals surface area contributed by atoms with Gasteiger partial charge in [-0.25, -0.2) is 0 Å². The Bertz CT molecular complexity index is 218. The normalized spacial score (nSPS) is 8.74. The predicted octanol–water partition coefficient (Wildman–Crippen LogP) is 2.57. The first-order valence-electron chi connectivity index (χ1n) is 6.38. The van der Waals surface area contributed by atoms with Crippen LogP contribution in [0, 0.1) is 0 Å². The van der Waals surface area contributed by atoms with E-state index >= 15 is 0 Å². The monoisotopic (exact) mass is 332 g/mol. The first-order valence-corrected chi connectivity index (χ1v) is 7.19. The molecule has 0 rings (SSSR count). The molecule has 0 saturated heterocycles. The standard InChI is InChI=1S/C11H23NOS.CH3NOS.Ca/c1-3-5-7-9-12(11(13)14)10-8-6-4-2;2-1(3)4;/h3-10H2,1-2H3,(H,13,14);(H3,2,3,4);/q;;+2/p-2. The van der Waals surface area contributed by atoms with Gasteiger partial charge in [0.15, 0.2) is 0 Å². The smallest absolute Gasteiger partial charge is 0.719 e. The van der Waals surface area contributed by atoms with Crippen LogP contribution < -0.4 is 5.73 Å². The number of carbonyl (C=O) groups is 2. The average Bonchev–Trinajstić information content (AvgIpc) is 2.26. The molecule has 19 heavy (non-hydrogen) atoms. The summed E-state index contributed by atoms with van der Waals surface area (Å²) in [5.41, 5.74) is 4.29. The Morgan fingerprint density at radius 1 is 0.947 bits per heavy atom. The van der Waals surface area contributed by atoms with Gasteiger partial charge in [0, 0.05) is 13.1 Å². The molecule has 0 aliphatic carbocycles. The molecule has 108 valence electrons. The van der Waals surface area contributed by atoms with Crippen LogP contribution >= 0.6 is 0 Å². The van der Waals surface area contributed by atoms with Crippen LogP contribution in [0.2, 0.25) is 0 Å². The van der Waals surface area contributed by atoms with Gasteiger partial charge in [-0.1, -0.05) is 39.5 Å². The fourth-order valence-electron chi connectivity index (χ4n) is 1.40. The van der Waals surface area contributed by atoms with Gasteiger partial charge in [0.25, 0.3) is 0 Å². The van der Waals surface area contributed by atoms with E-state index in [2.05, 4.69) is 44.8 Å². The maximum Gasteiger partial charge on any atom is 2.00 e. The molecule has 4 nitrogen and oxygen atoms in total. The van der Waals surface area contributed by atoms with Gasteiger partial charge >= 0.3 is 37.7 Å². The van der Waals surface area contributed by atoms with Crippen molar-refractivity contribution in [2.24, 2.45) is 5.73 Å². The summed E-state index contributed by atoms with van der Waals surface area (Å²) in [6, 6.07) is 0. The topological polar surface area (TPSA) is 63.4 Å². The summed E-state index contributed by atoms with van der Waals surface area (Å²) in [7, 11) is 0. The molecule has 0 saturated carbocycles. The number of carbonyl (C=O) groups excluding carboxylic acids is 2. The van der Waals surface area contributed by atoms with Crippen molar-refractivity contribution in [1.29, 1.82) is 0 Å². The van der Waals surface area contributed by atoms with Gasteiger partial charge in [-0.15, -0.1) is 0 Å². The molecular formula is C12H24CaN2O2S2. The third-order valence-corrected chi connectivity index (χ3v) is 2.58. The molecule has 0 radical (unpaired) electrons. The summed E-state index contributed by atoms with van der Waals surface area (Å²) in [6.07, 6.45) is 6.93. The van der Waals surface area contributed by atoms with Crippen LogP contribution in [0.4, 0.5) is 9.59 Å². The molecular weight excluding hydrogens is 308 g/mol. The van der Waals surface area contributed by atoms with Crippen molar-refractivity contribution in [2.75, 3.05) is 13.1 Å². The maximum atomic E-state index is 11.1. The number of unbranched alkanes of at least 4 members (excludes halogenated alkanes) is 4. The summed E-state index contributed by atoms with van der Waals surface area (Å²) in [5.74, 6) is 0. The van der Waals surface area contributed by atoms with Gasteiger partial charge in [0.05, 0.1) is 5.24 Å². The summed E-state index contributed by atoms with van der Waals surface area (Å²) in [4.78, 5) is 21.9. The third kappa shape index (κ3) is 24.1. The van der Waals surface area contributed by atoms with Gasteiger partial charge in [-0.05, 0) is 12.8 Å². The molecule has 0 aromatic heterocycles.